The van der Waals surface area contributed by atoms with Gasteiger partial charge in [-0.05, 0) is 26.0 Å². The van der Waals surface area contributed by atoms with Gasteiger partial charge in [0.15, 0.2) is 0 Å². The average Bonchev–Trinajstić information content (AvgIpc) is 2.31. The zero-order valence-electron chi connectivity index (χ0n) is 10.3. The molecule has 2 nitrogen and oxygen atoms in total. The zero-order chi connectivity index (χ0) is 12.0. The molecule has 1 N–H and O–H groups in total. The first-order chi connectivity index (χ1) is 7.70. The maximum atomic E-state index is 12.0. The molecule has 0 saturated heterocycles. The number of hydrogen-bond acceptors (Lipinski definition) is 2. The summed E-state index contributed by atoms with van der Waals surface area (Å²) in [5.41, 5.74) is 1.21. The SMILES string of the molecule is CCCS(=O)C(C)C(NC)c1ccccc1. The summed E-state index contributed by atoms with van der Waals surface area (Å²) in [4.78, 5) is 0. The van der Waals surface area contributed by atoms with Crippen LogP contribution in [0.2, 0.25) is 0 Å². The highest BCUT2D eigenvalue weighted by Gasteiger charge is 2.21. The van der Waals surface area contributed by atoms with Crippen LogP contribution in [0, 0.1) is 0 Å². The predicted molar refractivity (Wildman–Crippen MR) is 71.0 cm³/mol. The molecule has 1 aromatic rings. The molecule has 0 amide bonds. The van der Waals surface area contributed by atoms with E-state index in [9.17, 15) is 4.21 Å². The predicted octanol–water partition coefficient (Wildman–Crippen LogP) is 2.49. The first-order valence-corrected chi connectivity index (χ1v) is 7.18. The monoisotopic (exact) mass is 239 g/mol. The molecule has 0 aliphatic rings. The van der Waals surface area contributed by atoms with Crippen molar-refractivity contribution < 1.29 is 4.21 Å². The lowest BCUT2D eigenvalue weighted by Gasteiger charge is -2.23. The Morgan fingerprint density at radius 2 is 1.94 bits per heavy atom. The fourth-order valence-corrected chi connectivity index (χ4v) is 3.24. The highest BCUT2D eigenvalue weighted by molar-refractivity contribution is 7.85. The number of rotatable bonds is 6. The van der Waals surface area contributed by atoms with Crippen molar-refractivity contribution in [2.24, 2.45) is 0 Å². The number of hydrogen-bond donors (Lipinski definition) is 1. The molecule has 3 atom stereocenters. The number of benzene rings is 1. The van der Waals surface area contributed by atoms with Crippen molar-refractivity contribution >= 4 is 10.8 Å². The smallest absolute Gasteiger partial charge is 0.0514 e. The second-order valence-electron chi connectivity index (χ2n) is 3.97. The molecule has 0 bridgehead atoms. The third-order valence-corrected chi connectivity index (χ3v) is 4.67. The Morgan fingerprint density at radius 1 is 1.31 bits per heavy atom. The van der Waals surface area contributed by atoms with E-state index in [2.05, 4.69) is 31.3 Å². The van der Waals surface area contributed by atoms with E-state index < -0.39 is 10.8 Å². The van der Waals surface area contributed by atoms with E-state index in [1.807, 2.05) is 25.2 Å². The lowest BCUT2D eigenvalue weighted by atomic mass is 10.0. The van der Waals surface area contributed by atoms with Crippen LogP contribution < -0.4 is 5.32 Å². The van der Waals surface area contributed by atoms with Crippen molar-refractivity contribution in [2.45, 2.75) is 31.6 Å². The highest BCUT2D eigenvalue weighted by atomic mass is 32.2. The van der Waals surface area contributed by atoms with E-state index in [1.165, 1.54) is 5.56 Å². The molecule has 1 rings (SSSR count). The van der Waals surface area contributed by atoms with Crippen LogP contribution in [0.15, 0.2) is 30.3 Å². The molecule has 0 aromatic heterocycles. The summed E-state index contributed by atoms with van der Waals surface area (Å²) in [7, 11) is 1.17. The van der Waals surface area contributed by atoms with Gasteiger partial charge in [-0.15, -0.1) is 0 Å². The van der Waals surface area contributed by atoms with E-state index in [4.69, 9.17) is 0 Å². The number of nitrogens with one attached hydrogen (secondary N) is 1. The Bertz CT molecular complexity index is 326. The van der Waals surface area contributed by atoms with E-state index in [0.29, 0.717) is 0 Å². The van der Waals surface area contributed by atoms with Crippen LogP contribution in [-0.2, 0) is 10.8 Å². The standard InChI is InChI=1S/C13H21NOS/c1-4-10-16(15)11(2)13(14-3)12-8-6-5-7-9-12/h5-9,11,13-14H,4,10H2,1-3H3. The van der Waals surface area contributed by atoms with Gasteiger partial charge in [0.25, 0.3) is 0 Å². The normalized spacial score (nSPS) is 16.7. The van der Waals surface area contributed by atoms with Crippen LogP contribution in [0.4, 0.5) is 0 Å². The Hall–Kier alpha value is -0.670. The van der Waals surface area contributed by atoms with E-state index in [1.54, 1.807) is 0 Å². The highest BCUT2D eigenvalue weighted by Crippen LogP contribution is 2.20. The van der Waals surface area contributed by atoms with Crippen molar-refractivity contribution in [3.05, 3.63) is 35.9 Å². The van der Waals surface area contributed by atoms with Gasteiger partial charge in [-0.25, -0.2) is 0 Å². The van der Waals surface area contributed by atoms with Crippen LogP contribution in [-0.4, -0.2) is 22.3 Å². The Balaban J connectivity index is 2.78. The molecule has 0 fully saturated rings. The molecule has 3 heteroatoms. The van der Waals surface area contributed by atoms with Crippen LogP contribution in [0.5, 0.6) is 0 Å². The quantitative estimate of drug-likeness (QED) is 0.826. The first kappa shape index (κ1) is 13.4. The third-order valence-electron chi connectivity index (χ3n) is 2.76. The van der Waals surface area contributed by atoms with Crippen LogP contribution in [0.1, 0.15) is 31.9 Å². The molecule has 0 aliphatic carbocycles. The van der Waals surface area contributed by atoms with Gasteiger partial charge < -0.3 is 5.32 Å². The third kappa shape index (κ3) is 3.42. The molecule has 0 saturated carbocycles. The molecular weight excluding hydrogens is 218 g/mol. The molecule has 0 aliphatic heterocycles. The molecule has 0 spiro atoms. The van der Waals surface area contributed by atoms with Crippen molar-refractivity contribution in [3.63, 3.8) is 0 Å². The average molecular weight is 239 g/mol. The molecule has 1 aromatic carbocycles. The van der Waals surface area contributed by atoms with Crippen LogP contribution in [0.25, 0.3) is 0 Å². The molecule has 0 heterocycles. The van der Waals surface area contributed by atoms with Gasteiger partial charge in [0.05, 0.1) is 5.25 Å². The van der Waals surface area contributed by atoms with Crippen LogP contribution >= 0.6 is 0 Å². The summed E-state index contributed by atoms with van der Waals surface area (Å²) < 4.78 is 12.0. The van der Waals surface area contributed by atoms with Crippen molar-refractivity contribution in [1.29, 1.82) is 0 Å². The van der Waals surface area contributed by atoms with Gasteiger partial charge in [0.2, 0.25) is 0 Å². The van der Waals surface area contributed by atoms with E-state index in [-0.39, 0.29) is 11.3 Å². The summed E-state index contributed by atoms with van der Waals surface area (Å²) in [5.74, 6) is 0.784. The Kier molecular flexibility index (Phi) is 5.71. The lowest BCUT2D eigenvalue weighted by Crippen LogP contribution is -2.31. The van der Waals surface area contributed by atoms with Crippen molar-refractivity contribution in [2.75, 3.05) is 12.8 Å². The largest absolute Gasteiger partial charge is 0.312 e. The Labute approximate surface area is 101 Å². The van der Waals surface area contributed by atoms with Gasteiger partial charge in [0, 0.05) is 22.6 Å². The lowest BCUT2D eigenvalue weighted by molar-refractivity contribution is 0.569. The molecule has 16 heavy (non-hydrogen) atoms. The molecule has 0 radical (unpaired) electrons. The molecule has 90 valence electrons. The first-order valence-electron chi connectivity index (χ1n) is 5.80. The minimum atomic E-state index is -0.758. The summed E-state index contributed by atoms with van der Waals surface area (Å²) >= 11 is 0. The van der Waals surface area contributed by atoms with Gasteiger partial charge in [0.1, 0.15) is 0 Å². The summed E-state index contributed by atoms with van der Waals surface area (Å²) in [6.45, 7) is 4.13. The fourth-order valence-electron chi connectivity index (χ4n) is 1.87. The maximum Gasteiger partial charge on any atom is 0.0514 e. The summed E-state index contributed by atoms with van der Waals surface area (Å²) in [6.07, 6.45) is 0.974. The van der Waals surface area contributed by atoms with Gasteiger partial charge in [-0.3, -0.25) is 4.21 Å². The minimum Gasteiger partial charge on any atom is -0.312 e. The van der Waals surface area contributed by atoms with Crippen molar-refractivity contribution in [3.8, 4) is 0 Å². The Morgan fingerprint density at radius 3 is 2.44 bits per heavy atom. The minimum absolute atomic E-state index is 0.146. The molecular formula is C13H21NOS. The second kappa shape index (κ2) is 6.81. The topological polar surface area (TPSA) is 29.1 Å². The van der Waals surface area contributed by atoms with E-state index in [0.717, 1.165) is 12.2 Å². The second-order valence-corrected chi connectivity index (χ2v) is 5.88. The zero-order valence-corrected chi connectivity index (χ0v) is 11.1. The fraction of sp³-hybridized carbons (Fsp3) is 0.538. The van der Waals surface area contributed by atoms with Gasteiger partial charge >= 0.3 is 0 Å². The van der Waals surface area contributed by atoms with E-state index >= 15 is 0 Å². The summed E-state index contributed by atoms with van der Waals surface area (Å²) in [5, 5.41) is 3.41. The van der Waals surface area contributed by atoms with Gasteiger partial charge in [-0.2, -0.15) is 0 Å². The van der Waals surface area contributed by atoms with Crippen LogP contribution in [0.3, 0.4) is 0 Å². The van der Waals surface area contributed by atoms with Gasteiger partial charge in [-0.1, -0.05) is 37.3 Å². The summed E-state index contributed by atoms with van der Waals surface area (Å²) in [6, 6.07) is 10.4. The molecule has 3 unspecified atom stereocenters. The maximum absolute atomic E-state index is 12.0. The van der Waals surface area contributed by atoms with Crippen molar-refractivity contribution in [1.82, 2.24) is 5.32 Å².